The van der Waals surface area contributed by atoms with Crippen LogP contribution in [0.1, 0.15) is 13.8 Å². The smallest absolute Gasteiger partial charge is 0.244 e. The van der Waals surface area contributed by atoms with Crippen molar-refractivity contribution < 1.29 is 12.8 Å². The lowest BCUT2D eigenvalue weighted by molar-refractivity contribution is 0.588. The number of hydrogen-bond donors (Lipinski definition) is 1. The van der Waals surface area contributed by atoms with Gasteiger partial charge in [0.15, 0.2) is 0 Å². The lowest BCUT2D eigenvalue weighted by atomic mass is 10.3. The second-order valence-electron chi connectivity index (χ2n) is 3.73. The molecule has 0 aromatic heterocycles. The van der Waals surface area contributed by atoms with Crippen LogP contribution in [-0.2, 0) is 10.0 Å². The van der Waals surface area contributed by atoms with E-state index in [4.69, 9.17) is 18.0 Å². The fourth-order valence-electron chi connectivity index (χ4n) is 1.48. The summed E-state index contributed by atoms with van der Waals surface area (Å²) in [5.74, 6) is -0.496. The lowest BCUT2D eigenvalue weighted by Crippen LogP contribution is -2.43. The van der Waals surface area contributed by atoms with Gasteiger partial charge in [0, 0.05) is 6.54 Å². The number of anilines is 1. The molecule has 1 rings (SSSR count). The van der Waals surface area contributed by atoms with Gasteiger partial charge in [-0.3, -0.25) is 4.31 Å². The van der Waals surface area contributed by atoms with Crippen LogP contribution >= 0.6 is 12.2 Å². The molecular weight excluding hydrogens is 275 g/mol. The van der Waals surface area contributed by atoms with E-state index in [9.17, 15) is 12.8 Å². The number of sulfonamides is 1. The molecule has 7 heteroatoms. The molecule has 0 spiro atoms. The van der Waals surface area contributed by atoms with Crippen LogP contribution in [0, 0.1) is 5.82 Å². The largest absolute Gasteiger partial charge is 0.392 e. The van der Waals surface area contributed by atoms with E-state index < -0.39 is 21.1 Å². The third-order valence-electron chi connectivity index (χ3n) is 2.54. The quantitative estimate of drug-likeness (QED) is 0.838. The molecule has 0 bridgehead atoms. The predicted molar refractivity (Wildman–Crippen MR) is 74.6 cm³/mol. The van der Waals surface area contributed by atoms with Crippen LogP contribution in [0.3, 0.4) is 0 Å². The van der Waals surface area contributed by atoms with Crippen molar-refractivity contribution in [2.75, 3.05) is 10.8 Å². The Kier molecular flexibility index (Phi) is 4.64. The van der Waals surface area contributed by atoms with E-state index in [0.717, 1.165) is 10.4 Å². The van der Waals surface area contributed by atoms with Crippen LogP contribution in [0.25, 0.3) is 0 Å². The van der Waals surface area contributed by atoms with Crippen LogP contribution in [0.4, 0.5) is 10.1 Å². The highest BCUT2D eigenvalue weighted by molar-refractivity contribution is 7.95. The van der Waals surface area contributed by atoms with Crippen molar-refractivity contribution in [1.82, 2.24) is 0 Å². The summed E-state index contributed by atoms with van der Waals surface area (Å²) in [6, 6.07) is 5.39. The third-order valence-corrected chi connectivity index (χ3v) is 5.27. The number of benzene rings is 1. The Balaban J connectivity index is 3.22. The summed E-state index contributed by atoms with van der Waals surface area (Å²) in [5.41, 5.74) is 5.64. The van der Waals surface area contributed by atoms with Crippen molar-refractivity contribution >= 4 is 32.9 Å². The normalized spacial score (nSPS) is 13.1. The number of hydrogen-bond acceptors (Lipinski definition) is 3. The highest BCUT2D eigenvalue weighted by Crippen LogP contribution is 2.21. The van der Waals surface area contributed by atoms with Gasteiger partial charge in [0.1, 0.15) is 11.1 Å². The topological polar surface area (TPSA) is 63.4 Å². The average Bonchev–Trinajstić information content (AvgIpc) is 2.28. The first-order valence-corrected chi connectivity index (χ1v) is 7.28. The first-order valence-electron chi connectivity index (χ1n) is 5.37. The van der Waals surface area contributed by atoms with Crippen LogP contribution in [0.2, 0.25) is 0 Å². The zero-order valence-electron chi connectivity index (χ0n) is 10.1. The Morgan fingerprint density at radius 2 is 2.17 bits per heavy atom. The molecule has 100 valence electrons. The molecule has 1 atom stereocenters. The van der Waals surface area contributed by atoms with Crippen LogP contribution < -0.4 is 10.0 Å². The minimum Gasteiger partial charge on any atom is -0.392 e. The van der Waals surface area contributed by atoms with Gasteiger partial charge in [-0.25, -0.2) is 12.8 Å². The monoisotopic (exact) mass is 290 g/mol. The fraction of sp³-hybridized carbons (Fsp3) is 0.364. The third kappa shape index (κ3) is 2.97. The van der Waals surface area contributed by atoms with E-state index in [1.54, 1.807) is 6.92 Å². The summed E-state index contributed by atoms with van der Waals surface area (Å²) < 4.78 is 38.7. The molecule has 0 aliphatic heterocycles. The van der Waals surface area contributed by atoms with E-state index in [-0.39, 0.29) is 17.2 Å². The molecule has 18 heavy (non-hydrogen) atoms. The summed E-state index contributed by atoms with van der Waals surface area (Å²) in [6.07, 6.45) is 0. The Morgan fingerprint density at radius 3 is 2.61 bits per heavy atom. The first kappa shape index (κ1) is 14.8. The summed E-state index contributed by atoms with van der Waals surface area (Å²) in [4.78, 5) is -0.107. The molecule has 4 nitrogen and oxygen atoms in total. The van der Waals surface area contributed by atoms with Gasteiger partial charge in [-0.1, -0.05) is 18.3 Å². The molecule has 0 aliphatic rings. The molecule has 1 aromatic rings. The molecule has 0 saturated carbocycles. The summed E-state index contributed by atoms with van der Waals surface area (Å²) in [5, 5.41) is -0.990. The molecule has 0 aliphatic carbocycles. The van der Waals surface area contributed by atoms with E-state index in [1.807, 2.05) is 0 Å². The van der Waals surface area contributed by atoms with Crippen molar-refractivity contribution in [3.63, 3.8) is 0 Å². The van der Waals surface area contributed by atoms with E-state index in [1.165, 1.54) is 25.1 Å². The lowest BCUT2D eigenvalue weighted by Gasteiger charge is -2.26. The van der Waals surface area contributed by atoms with Gasteiger partial charge in [-0.05, 0) is 32.0 Å². The van der Waals surface area contributed by atoms with Gasteiger partial charge in [-0.15, -0.1) is 0 Å². The average molecular weight is 290 g/mol. The molecule has 1 unspecified atom stereocenters. The SMILES string of the molecule is CCN(c1cccc(F)c1)S(=O)(=O)C(C)C(N)=S. The minimum absolute atomic E-state index is 0.107. The van der Waals surface area contributed by atoms with Crippen molar-refractivity contribution in [2.45, 2.75) is 19.1 Å². The van der Waals surface area contributed by atoms with Crippen molar-refractivity contribution in [3.8, 4) is 0 Å². The first-order chi connectivity index (χ1) is 8.30. The number of halogens is 1. The standard InChI is InChI=1S/C11H15FN2O2S2/c1-3-14(10-6-4-5-9(12)7-10)18(15,16)8(2)11(13)17/h4-8H,3H2,1-2H3,(H2,13,17). The highest BCUT2D eigenvalue weighted by atomic mass is 32.2. The molecule has 0 saturated heterocycles. The zero-order valence-corrected chi connectivity index (χ0v) is 11.8. The Hall–Kier alpha value is -1.21. The maximum Gasteiger partial charge on any atom is 0.244 e. The second kappa shape index (κ2) is 5.62. The Morgan fingerprint density at radius 1 is 1.56 bits per heavy atom. The number of nitrogens with zero attached hydrogens (tertiary/aromatic N) is 1. The second-order valence-corrected chi connectivity index (χ2v) is 6.38. The minimum atomic E-state index is -3.72. The summed E-state index contributed by atoms with van der Waals surface area (Å²) in [7, 11) is -3.72. The van der Waals surface area contributed by atoms with Crippen LogP contribution in [0.5, 0.6) is 0 Å². The van der Waals surface area contributed by atoms with Gasteiger partial charge < -0.3 is 5.73 Å². The maximum absolute atomic E-state index is 13.1. The molecule has 1 aromatic carbocycles. The fourth-order valence-corrected chi connectivity index (χ4v) is 3.29. The zero-order chi connectivity index (χ0) is 13.9. The van der Waals surface area contributed by atoms with Gasteiger partial charge in [0.05, 0.1) is 10.7 Å². The summed E-state index contributed by atoms with van der Waals surface area (Å²) >= 11 is 4.71. The van der Waals surface area contributed by atoms with Gasteiger partial charge in [0.2, 0.25) is 10.0 Å². The Labute approximate surface area is 112 Å². The van der Waals surface area contributed by atoms with Crippen molar-refractivity contribution in [1.29, 1.82) is 0 Å². The van der Waals surface area contributed by atoms with Gasteiger partial charge >= 0.3 is 0 Å². The van der Waals surface area contributed by atoms with E-state index in [0.29, 0.717) is 0 Å². The molecule has 0 radical (unpaired) electrons. The van der Waals surface area contributed by atoms with Crippen LogP contribution in [-0.4, -0.2) is 25.2 Å². The Bertz CT molecular complexity index is 546. The molecule has 0 fully saturated rings. The molecule has 0 amide bonds. The van der Waals surface area contributed by atoms with Gasteiger partial charge in [-0.2, -0.15) is 0 Å². The molecule has 2 N–H and O–H groups in total. The number of rotatable bonds is 5. The highest BCUT2D eigenvalue weighted by Gasteiger charge is 2.30. The molecule has 0 heterocycles. The van der Waals surface area contributed by atoms with Crippen molar-refractivity contribution in [3.05, 3.63) is 30.1 Å². The number of thiocarbonyl (C=S) groups is 1. The van der Waals surface area contributed by atoms with E-state index >= 15 is 0 Å². The number of nitrogens with two attached hydrogens (primary N) is 1. The van der Waals surface area contributed by atoms with Crippen LogP contribution in [0.15, 0.2) is 24.3 Å². The predicted octanol–water partition coefficient (Wildman–Crippen LogP) is 1.66. The summed E-state index contributed by atoms with van der Waals surface area (Å²) in [6.45, 7) is 3.26. The van der Waals surface area contributed by atoms with Gasteiger partial charge in [0.25, 0.3) is 0 Å². The van der Waals surface area contributed by atoms with E-state index in [2.05, 4.69) is 0 Å². The maximum atomic E-state index is 13.1. The van der Waals surface area contributed by atoms with Crippen molar-refractivity contribution in [2.24, 2.45) is 5.73 Å². The molecular formula is C11H15FN2O2S2.